The molecule has 0 radical (unpaired) electrons. The van der Waals surface area contributed by atoms with Crippen molar-refractivity contribution < 1.29 is 9.53 Å². The average Bonchev–Trinajstić information content (AvgIpc) is 3.02. The van der Waals surface area contributed by atoms with Gasteiger partial charge in [-0.05, 0) is 24.6 Å². The first-order valence-corrected chi connectivity index (χ1v) is 9.00. The van der Waals surface area contributed by atoms with Crippen molar-refractivity contribution in [2.45, 2.75) is 26.2 Å². The summed E-state index contributed by atoms with van der Waals surface area (Å²) in [6, 6.07) is 5.97. The number of carbonyl (C=O) groups excluding carboxylic acids is 1. The number of rotatable bonds is 5. The number of fused-ring (bicyclic) bond motifs is 1. The molecule has 1 aromatic carbocycles. The van der Waals surface area contributed by atoms with E-state index in [1.54, 1.807) is 18.4 Å². The van der Waals surface area contributed by atoms with Crippen molar-refractivity contribution in [2.24, 2.45) is 0 Å². The van der Waals surface area contributed by atoms with E-state index in [9.17, 15) is 4.79 Å². The first-order chi connectivity index (χ1) is 11.2. The van der Waals surface area contributed by atoms with E-state index in [0.717, 1.165) is 60.1 Å². The van der Waals surface area contributed by atoms with Gasteiger partial charge in [0.1, 0.15) is 5.75 Å². The summed E-state index contributed by atoms with van der Waals surface area (Å²) in [5.41, 5.74) is 1.01. The highest BCUT2D eigenvalue weighted by molar-refractivity contribution is 7.22. The molecule has 1 fully saturated rings. The molecule has 124 valence electrons. The molecule has 0 unspecified atom stereocenters. The molecule has 2 heterocycles. The zero-order valence-corrected chi connectivity index (χ0v) is 14.6. The summed E-state index contributed by atoms with van der Waals surface area (Å²) in [7, 11) is 1.68. The topological polar surface area (TPSA) is 45.7 Å². The Hall–Kier alpha value is -1.82. The van der Waals surface area contributed by atoms with E-state index >= 15 is 0 Å². The van der Waals surface area contributed by atoms with Crippen molar-refractivity contribution in [3.05, 3.63) is 18.2 Å². The van der Waals surface area contributed by atoms with Gasteiger partial charge in [-0.2, -0.15) is 0 Å². The lowest BCUT2D eigenvalue weighted by Crippen LogP contribution is -2.48. The van der Waals surface area contributed by atoms with Gasteiger partial charge < -0.3 is 14.5 Å². The van der Waals surface area contributed by atoms with Crippen LogP contribution in [0.3, 0.4) is 0 Å². The van der Waals surface area contributed by atoms with E-state index in [2.05, 4.69) is 11.8 Å². The van der Waals surface area contributed by atoms with E-state index in [1.165, 1.54) is 0 Å². The van der Waals surface area contributed by atoms with Crippen LogP contribution in [-0.4, -0.2) is 49.1 Å². The summed E-state index contributed by atoms with van der Waals surface area (Å²) in [6.07, 6.45) is 2.73. The molecule has 5 nitrogen and oxygen atoms in total. The summed E-state index contributed by atoms with van der Waals surface area (Å²) in [4.78, 5) is 21.1. The van der Waals surface area contributed by atoms with Gasteiger partial charge in [-0.15, -0.1) is 0 Å². The third kappa shape index (κ3) is 3.58. The Morgan fingerprint density at radius 2 is 2.09 bits per heavy atom. The van der Waals surface area contributed by atoms with Crippen molar-refractivity contribution in [3.8, 4) is 5.75 Å². The van der Waals surface area contributed by atoms with Gasteiger partial charge in [-0.1, -0.05) is 24.7 Å². The molecule has 1 amide bonds. The predicted octanol–water partition coefficient (Wildman–Crippen LogP) is 3.14. The second-order valence-electron chi connectivity index (χ2n) is 5.80. The van der Waals surface area contributed by atoms with Crippen LogP contribution in [0.15, 0.2) is 18.2 Å². The molecule has 2 aromatic rings. The lowest BCUT2D eigenvalue weighted by Gasteiger charge is -2.34. The lowest BCUT2D eigenvalue weighted by molar-refractivity contribution is -0.131. The first-order valence-electron chi connectivity index (χ1n) is 8.18. The number of benzene rings is 1. The van der Waals surface area contributed by atoms with Crippen LogP contribution in [-0.2, 0) is 4.79 Å². The Balaban J connectivity index is 1.64. The first kappa shape index (κ1) is 16.1. The fourth-order valence-corrected chi connectivity index (χ4v) is 3.83. The number of nitrogens with zero attached hydrogens (tertiary/aromatic N) is 3. The van der Waals surface area contributed by atoms with Crippen molar-refractivity contribution in [3.63, 3.8) is 0 Å². The highest BCUT2D eigenvalue weighted by Gasteiger charge is 2.22. The van der Waals surface area contributed by atoms with Crippen LogP contribution in [0.4, 0.5) is 5.13 Å². The number of amides is 1. The summed E-state index contributed by atoms with van der Waals surface area (Å²) in [5.74, 6) is 1.15. The number of hydrogen-bond donors (Lipinski definition) is 0. The van der Waals surface area contributed by atoms with Gasteiger partial charge in [0.05, 0.1) is 17.3 Å². The molecule has 3 rings (SSSR count). The van der Waals surface area contributed by atoms with Crippen LogP contribution >= 0.6 is 11.3 Å². The highest BCUT2D eigenvalue weighted by atomic mass is 32.1. The number of hydrogen-bond acceptors (Lipinski definition) is 5. The smallest absolute Gasteiger partial charge is 0.222 e. The minimum absolute atomic E-state index is 0.292. The van der Waals surface area contributed by atoms with Crippen molar-refractivity contribution in [1.82, 2.24) is 9.88 Å². The molecule has 23 heavy (non-hydrogen) atoms. The van der Waals surface area contributed by atoms with E-state index < -0.39 is 0 Å². The van der Waals surface area contributed by atoms with E-state index in [4.69, 9.17) is 9.72 Å². The zero-order valence-electron chi connectivity index (χ0n) is 13.7. The number of methoxy groups -OCH3 is 1. The average molecular weight is 333 g/mol. The Kier molecular flexibility index (Phi) is 5.00. The maximum absolute atomic E-state index is 12.1. The Morgan fingerprint density at radius 1 is 1.30 bits per heavy atom. The molecule has 0 aliphatic carbocycles. The van der Waals surface area contributed by atoms with Crippen molar-refractivity contribution in [2.75, 3.05) is 38.2 Å². The molecule has 1 saturated heterocycles. The number of carbonyl (C=O) groups is 1. The number of piperazine rings is 1. The largest absolute Gasteiger partial charge is 0.497 e. The highest BCUT2D eigenvalue weighted by Crippen LogP contribution is 2.31. The molecule has 1 aliphatic heterocycles. The minimum Gasteiger partial charge on any atom is -0.497 e. The van der Waals surface area contributed by atoms with Gasteiger partial charge in [0, 0.05) is 32.6 Å². The van der Waals surface area contributed by atoms with Gasteiger partial charge >= 0.3 is 0 Å². The van der Waals surface area contributed by atoms with Gasteiger partial charge in [0.15, 0.2) is 5.13 Å². The molecule has 1 aliphatic rings. The van der Waals surface area contributed by atoms with Crippen LogP contribution < -0.4 is 9.64 Å². The molecule has 0 spiro atoms. The van der Waals surface area contributed by atoms with Gasteiger partial charge in [0.2, 0.25) is 5.91 Å². The maximum atomic E-state index is 12.1. The number of unbranched alkanes of at least 4 members (excludes halogenated alkanes) is 1. The fourth-order valence-electron chi connectivity index (χ4n) is 2.79. The molecule has 0 atom stereocenters. The van der Waals surface area contributed by atoms with Crippen LogP contribution in [0.2, 0.25) is 0 Å². The van der Waals surface area contributed by atoms with Crippen LogP contribution in [0.25, 0.3) is 10.2 Å². The minimum atomic E-state index is 0.292. The Labute approximate surface area is 140 Å². The van der Waals surface area contributed by atoms with Crippen molar-refractivity contribution in [1.29, 1.82) is 0 Å². The maximum Gasteiger partial charge on any atom is 0.222 e. The summed E-state index contributed by atoms with van der Waals surface area (Å²) < 4.78 is 6.41. The predicted molar refractivity (Wildman–Crippen MR) is 94.5 cm³/mol. The van der Waals surface area contributed by atoms with E-state index in [1.807, 2.05) is 23.1 Å². The molecule has 0 bridgehead atoms. The van der Waals surface area contributed by atoms with Crippen LogP contribution in [0.1, 0.15) is 26.2 Å². The van der Waals surface area contributed by atoms with E-state index in [-0.39, 0.29) is 0 Å². The Morgan fingerprint density at radius 3 is 2.78 bits per heavy atom. The molecular weight excluding hydrogens is 310 g/mol. The number of aromatic nitrogens is 1. The molecule has 0 saturated carbocycles. The van der Waals surface area contributed by atoms with Gasteiger partial charge in [-0.25, -0.2) is 4.98 Å². The summed E-state index contributed by atoms with van der Waals surface area (Å²) >= 11 is 1.69. The normalized spacial score (nSPS) is 15.2. The molecule has 0 N–H and O–H groups in total. The van der Waals surface area contributed by atoms with Gasteiger partial charge in [0.25, 0.3) is 0 Å². The third-order valence-corrected chi connectivity index (χ3v) is 5.31. The second kappa shape index (κ2) is 7.17. The lowest BCUT2D eigenvalue weighted by atomic mass is 10.2. The van der Waals surface area contributed by atoms with Crippen LogP contribution in [0, 0.1) is 0 Å². The summed E-state index contributed by atoms with van der Waals surface area (Å²) in [5, 5.41) is 1.04. The monoisotopic (exact) mass is 333 g/mol. The number of anilines is 1. The number of thiazole rings is 1. The Bertz CT molecular complexity index is 678. The summed E-state index contributed by atoms with van der Waals surface area (Å²) in [6.45, 7) is 5.42. The van der Waals surface area contributed by atoms with Gasteiger partial charge in [-0.3, -0.25) is 4.79 Å². The third-order valence-electron chi connectivity index (χ3n) is 4.23. The molecule has 1 aromatic heterocycles. The quantitative estimate of drug-likeness (QED) is 0.843. The van der Waals surface area contributed by atoms with Crippen LogP contribution in [0.5, 0.6) is 5.75 Å². The van der Waals surface area contributed by atoms with E-state index in [0.29, 0.717) is 12.3 Å². The molecule has 6 heteroatoms. The fraction of sp³-hybridized carbons (Fsp3) is 0.529. The zero-order chi connectivity index (χ0) is 16.2. The van der Waals surface area contributed by atoms with Crippen molar-refractivity contribution >= 4 is 32.6 Å². The molecular formula is C17H23N3O2S. The number of ether oxygens (including phenoxy) is 1. The SMILES string of the molecule is CCCCC(=O)N1CCN(c2nc3ccc(OC)cc3s2)CC1. The second-order valence-corrected chi connectivity index (χ2v) is 6.81. The standard InChI is InChI=1S/C17H23N3O2S/c1-3-4-5-16(21)19-8-10-20(11-9-19)17-18-14-7-6-13(22-2)12-15(14)23-17/h6-7,12H,3-5,8-11H2,1-2H3.